The Labute approximate surface area is 117 Å². The highest BCUT2D eigenvalue weighted by Crippen LogP contribution is 2.16. The summed E-state index contributed by atoms with van der Waals surface area (Å²) in [6.45, 7) is 6.55. The van der Waals surface area contributed by atoms with Crippen molar-refractivity contribution in [3.63, 3.8) is 0 Å². The second-order valence-electron chi connectivity index (χ2n) is 4.93. The molecule has 0 spiro atoms. The molecule has 1 aromatic rings. The number of hydrogen-bond donors (Lipinski definition) is 2. The Morgan fingerprint density at radius 1 is 1.05 bits per heavy atom. The quantitative estimate of drug-likeness (QED) is 0.711. The van der Waals surface area contributed by atoms with Crippen LogP contribution in [0.15, 0.2) is 6.07 Å². The maximum atomic E-state index is 4.57. The molecule has 4 heteroatoms. The second-order valence-corrected chi connectivity index (χ2v) is 4.93. The fourth-order valence-electron chi connectivity index (χ4n) is 2.15. The van der Waals surface area contributed by atoms with Gasteiger partial charge in [0.1, 0.15) is 17.5 Å². The van der Waals surface area contributed by atoms with Crippen LogP contribution in [0.4, 0.5) is 11.6 Å². The molecule has 1 rings (SSSR count). The number of anilines is 2. The highest BCUT2D eigenvalue weighted by molar-refractivity contribution is 5.47. The van der Waals surface area contributed by atoms with Gasteiger partial charge < -0.3 is 10.6 Å². The molecule has 4 nitrogen and oxygen atoms in total. The topological polar surface area (TPSA) is 49.8 Å². The van der Waals surface area contributed by atoms with Gasteiger partial charge in [0.05, 0.1) is 0 Å². The molecular weight excluding hydrogens is 236 g/mol. The van der Waals surface area contributed by atoms with Crippen LogP contribution in [0.5, 0.6) is 0 Å². The van der Waals surface area contributed by atoms with Crippen molar-refractivity contribution in [1.29, 1.82) is 0 Å². The first-order valence-corrected chi connectivity index (χ1v) is 7.55. The van der Waals surface area contributed by atoms with Gasteiger partial charge in [-0.1, -0.05) is 40.0 Å². The van der Waals surface area contributed by atoms with Gasteiger partial charge in [0.15, 0.2) is 0 Å². The summed E-state index contributed by atoms with van der Waals surface area (Å²) in [5.41, 5.74) is 0. The Balaban J connectivity index is 2.76. The minimum atomic E-state index is 0.522. The molecule has 1 aromatic heterocycles. The molecular formula is C15H28N4. The summed E-state index contributed by atoms with van der Waals surface area (Å²) in [6, 6.07) is 2.52. The maximum Gasteiger partial charge on any atom is 0.132 e. The van der Waals surface area contributed by atoms with E-state index in [0.717, 1.165) is 23.9 Å². The van der Waals surface area contributed by atoms with E-state index in [9.17, 15) is 0 Å². The SMILES string of the molecule is CCCCC(CCC)Nc1cc(NC)nc(CC)n1. The summed E-state index contributed by atoms with van der Waals surface area (Å²) < 4.78 is 0. The average molecular weight is 264 g/mol. The third-order valence-electron chi connectivity index (χ3n) is 3.24. The zero-order chi connectivity index (χ0) is 14.1. The van der Waals surface area contributed by atoms with Gasteiger partial charge in [0.2, 0.25) is 0 Å². The third-order valence-corrected chi connectivity index (χ3v) is 3.24. The smallest absolute Gasteiger partial charge is 0.132 e. The van der Waals surface area contributed by atoms with Crippen LogP contribution in [0.1, 0.15) is 58.7 Å². The van der Waals surface area contributed by atoms with Gasteiger partial charge in [0, 0.05) is 25.6 Å². The second kappa shape index (κ2) is 8.73. The summed E-state index contributed by atoms with van der Waals surface area (Å²) in [5.74, 6) is 2.73. The highest BCUT2D eigenvalue weighted by atomic mass is 15.1. The van der Waals surface area contributed by atoms with Crippen molar-refractivity contribution in [2.45, 2.75) is 65.3 Å². The molecule has 1 heterocycles. The number of rotatable bonds is 9. The summed E-state index contributed by atoms with van der Waals surface area (Å²) in [6.07, 6.45) is 6.98. The average Bonchev–Trinajstić information content (AvgIpc) is 2.44. The van der Waals surface area contributed by atoms with Crippen LogP contribution < -0.4 is 10.6 Å². The Bertz CT molecular complexity index is 343. The zero-order valence-electron chi connectivity index (χ0n) is 12.8. The fraction of sp³-hybridized carbons (Fsp3) is 0.733. The molecule has 0 saturated carbocycles. The summed E-state index contributed by atoms with van der Waals surface area (Å²) in [7, 11) is 1.90. The van der Waals surface area contributed by atoms with Gasteiger partial charge in [-0.05, 0) is 12.8 Å². The van der Waals surface area contributed by atoms with Crippen LogP contribution in [0.2, 0.25) is 0 Å². The van der Waals surface area contributed by atoms with Crippen molar-refractivity contribution in [3.8, 4) is 0 Å². The first-order chi connectivity index (χ1) is 9.23. The van der Waals surface area contributed by atoms with Gasteiger partial charge >= 0.3 is 0 Å². The number of unbranched alkanes of at least 4 members (excludes halogenated alkanes) is 1. The van der Waals surface area contributed by atoms with Crippen LogP contribution in [-0.2, 0) is 6.42 Å². The molecule has 0 fully saturated rings. The van der Waals surface area contributed by atoms with Gasteiger partial charge in [0.25, 0.3) is 0 Å². The molecule has 1 atom stereocenters. The predicted molar refractivity (Wildman–Crippen MR) is 82.8 cm³/mol. The monoisotopic (exact) mass is 264 g/mol. The molecule has 0 aliphatic carbocycles. The predicted octanol–water partition coefficient (Wildman–Crippen LogP) is 3.85. The molecule has 0 aliphatic rings. The summed E-state index contributed by atoms with van der Waals surface area (Å²) >= 11 is 0. The van der Waals surface area contributed by atoms with Crippen molar-refractivity contribution in [3.05, 3.63) is 11.9 Å². The standard InChI is InChI=1S/C15H28N4/c1-5-8-10-12(9-6-2)17-15-11-14(16-4)18-13(7-3)19-15/h11-12H,5-10H2,1-4H3,(H2,16,17,18,19). The van der Waals surface area contributed by atoms with Crippen LogP contribution in [-0.4, -0.2) is 23.1 Å². The first-order valence-electron chi connectivity index (χ1n) is 7.55. The number of nitrogens with one attached hydrogen (secondary N) is 2. The fourth-order valence-corrected chi connectivity index (χ4v) is 2.15. The molecule has 0 aromatic carbocycles. The molecule has 2 N–H and O–H groups in total. The maximum absolute atomic E-state index is 4.57. The molecule has 0 aliphatic heterocycles. The van der Waals surface area contributed by atoms with E-state index < -0.39 is 0 Å². The number of aromatic nitrogens is 2. The van der Waals surface area contributed by atoms with E-state index in [0.29, 0.717) is 6.04 Å². The van der Waals surface area contributed by atoms with E-state index in [1.807, 2.05) is 13.1 Å². The van der Waals surface area contributed by atoms with Crippen molar-refractivity contribution in [2.24, 2.45) is 0 Å². The Hall–Kier alpha value is -1.32. The summed E-state index contributed by atoms with van der Waals surface area (Å²) in [4.78, 5) is 8.99. The van der Waals surface area contributed by atoms with E-state index in [-0.39, 0.29) is 0 Å². The molecule has 0 amide bonds. The molecule has 108 valence electrons. The van der Waals surface area contributed by atoms with Crippen LogP contribution in [0, 0.1) is 0 Å². The molecule has 0 saturated heterocycles. The largest absolute Gasteiger partial charge is 0.373 e. The van der Waals surface area contributed by atoms with E-state index in [1.165, 1.54) is 32.1 Å². The molecule has 1 unspecified atom stereocenters. The van der Waals surface area contributed by atoms with Gasteiger partial charge in [-0.25, -0.2) is 9.97 Å². The molecule has 19 heavy (non-hydrogen) atoms. The zero-order valence-corrected chi connectivity index (χ0v) is 12.8. The highest BCUT2D eigenvalue weighted by Gasteiger charge is 2.09. The van der Waals surface area contributed by atoms with Crippen LogP contribution in [0.3, 0.4) is 0 Å². The van der Waals surface area contributed by atoms with Crippen molar-refractivity contribution in [2.75, 3.05) is 17.7 Å². The van der Waals surface area contributed by atoms with Crippen LogP contribution in [0.25, 0.3) is 0 Å². The van der Waals surface area contributed by atoms with E-state index >= 15 is 0 Å². The Kier molecular flexibility index (Phi) is 7.23. The van der Waals surface area contributed by atoms with Crippen molar-refractivity contribution >= 4 is 11.6 Å². The number of nitrogens with zero attached hydrogens (tertiary/aromatic N) is 2. The van der Waals surface area contributed by atoms with Gasteiger partial charge in [-0.3, -0.25) is 0 Å². The lowest BCUT2D eigenvalue weighted by Gasteiger charge is -2.19. The van der Waals surface area contributed by atoms with Gasteiger partial charge in [-0.15, -0.1) is 0 Å². The first kappa shape index (κ1) is 15.7. The number of hydrogen-bond acceptors (Lipinski definition) is 4. The van der Waals surface area contributed by atoms with Crippen LogP contribution >= 0.6 is 0 Å². The van der Waals surface area contributed by atoms with Crippen molar-refractivity contribution in [1.82, 2.24) is 9.97 Å². The number of aryl methyl sites for hydroxylation is 1. The lowest BCUT2D eigenvalue weighted by atomic mass is 10.1. The summed E-state index contributed by atoms with van der Waals surface area (Å²) in [5, 5.41) is 6.67. The van der Waals surface area contributed by atoms with E-state index in [1.54, 1.807) is 0 Å². The lowest BCUT2D eigenvalue weighted by Crippen LogP contribution is -2.20. The minimum absolute atomic E-state index is 0.522. The molecule has 0 bridgehead atoms. The lowest BCUT2D eigenvalue weighted by molar-refractivity contribution is 0.562. The third kappa shape index (κ3) is 5.45. The van der Waals surface area contributed by atoms with Crippen molar-refractivity contribution < 1.29 is 0 Å². The molecule has 0 radical (unpaired) electrons. The minimum Gasteiger partial charge on any atom is -0.373 e. The Morgan fingerprint density at radius 3 is 2.37 bits per heavy atom. The van der Waals surface area contributed by atoms with E-state index in [2.05, 4.69) is 41.4 Å². The normalized spacial score (nSPS) is 12.2. The van der Waals surface area contributed by atoms with Gasteiger partial charge in [-0.2, -0.15) is 0 Å². The van der Waals surface area contributed by atoms with E-state index in [4.69, 9.17) is 0 Å². The Morgan fingerprint density at radius 2 is 1.79 bits per heavy atom.